The average molecular weight is 507 g/mol. The Kier molecular flexibility index (Phi) is 8.35. The van der Waals surface area contributed by atoms with Gasteiger partial charge in [0.25, 0.3) is 5.91 Å². The Balaban J connectivity index is 1.51. The number of benzene rings is 2. The minimum absolute atomic E-state index is 0.251. The standard InChI is InChI=1S/C25H26N6O4S/c1-33-19-8-6-18(7-9-19)31-20(16-36-25-27-12-4-13-28-25)23(29-30-31)24(32)26-14-11-17-5-10-21(34-2)22(15-17)35-3/h4-10,12-13,15H,11,14,16H2,1-3H3,(H,26,32). The molecule has 0 unspecified atom stereocenters. The fraction of sp³-hybridized carbons (Fsp3) is 0.240. The van der Waals surface area contributed by atoms with Gasteiger partial charge in [0.05, 0.1) is 32.7 Å². The molecule has 0 saturated carbocycles. The highest BCUT2D eigenvalue weighted by atomic mass is 32.2. The van der Waals surface area contributed by atoms with Crippen LogP contribution in [0.2, 0.25) is 0 Å². The summed E-state index contributed by atoms with van der Waals surface area (Å²) in [5.74, 6) is 2.12. The summed E-state index contributed by atoms with van der Waals surface area (Å²) in [6.45, 7) is 0.415. The summed E-state index contributed by atoms with van der Waals surface area (Å²) < 4.78 is 17.5. The lowest BCUT2D eigenvalue weighted by Gasteiger charge is -2.10. The number of nitrogens with zero attached hydrogens (tertiary/aromatic N) is 5. The number of nitrogens with one attached hydrogen (secondary N) is 1. The Morgan fingerprint density at radius 3 is 2.42 bits per heavy atom. The van der Waals surface area contributed by atoms with E-state index in [4.69, 9.17) is 14.2 Å². The van der Waals surface area contributed by atoms with Gasteiger partial charge in [-0.1, -0.05) is 23.0 Å². The SMILES string of the molecule is COc1ccc(-n2nnc(C(=O)NCCc3ccc(OC)c(OC)c3)c2CSc2ncccn2)cc1. The van der Waals surface area contributed by atoms with Crippen LogP contribution in [0.25, 0.3) is 5.69 Å². The highest BCUT2D eigenvalue weighted by molar-refractivity contribution is 7.98. The van der Waals surface area contributed by atoms with E-state index in [1.54, 1.807) is 44.5 Å². The molecular formula is C25H26N6O4S. The van der Waals surface area contributed by atoms with E-state index in [2.05, 4.69) is 25.6 Å². The Morgan fingerprint density at radius 1 is 0.972 bits per heavy atom. The molecule has 0 bridgehead atoms. The van der Waals surface area contributed by atoms with Crippen LogP contribution in [0.1, 0.15) is 21.7 Å². The third-order valence-electron chi connectivity index (χ3n) is 5.32. The maximum Gasteiger partial charge on any atom is 0.273 e. The summed E-state index contributed by atoms with van der Waals surface area (Å²) in [7, 11) is 4.79. The van der Waals surface area contributed by atoms with Gasteiger partial charge in [0.2, 0.25) is 0 Å². The monoisotopic (exact) mass is 506 g/mol. The van der Waals surface area contributed by atoms with E-state index in [-0.39, 0.29) is 11.6 Å². The fourth-order valence-electron chi connectivity index (χ4n) is 3.47. The first-order valence-electron chi connectivity index (χ1n) is 11.1. The van der Waals surface area contributed by atoms with Crippen molar-refractivity contribution in [2.45, 2.75) is 17.3 Å². The molecule has 2 heterocycles. The molecule has 0 atom stereocenters. The van der Waals surface area contributed by atoms with Crippen LogP contribution in [0.3, 0.4) is 0 Å². The van der Waals surface area contributed by atoms with E-state index >= 15 is 0 Å². The van der Waals surface area contributed by atoms with Gasteiger partial charge in [-0.25, -0.2) is 14.6 Å². The zero-order valence-corrected chi connectivity index (χ0v) is 21.0. The zero-order valence-electron chi connectivity index (χ0n) is 20.2. The van der Waals surface area contributed by atoms with Crippen molar-refractivity contribution in [2.24, 2.45) is 0 Å². The number of thioether (sulfide) groups is 1. The second-order valence-electron chi connectivity index (χ2n) is 7.51. The smallest absolute Gasteiger partial charge is 0.273 e. The molecule has 186 valence electrons. The second kappa shape index (κ2) is 12.0. The quantitative estimate of drug-likeness (QED) is 0.242. The van der Waals surface area contributed by atoms with Gasteiger partial charge in [0.15, 0.2) is 22.3 Å². The molecule has 1 amide bonds. The lowest BCUT2D eigenvalue weighted by atomic mass is 10.1. The lowest BCUT2D eigenvalue weighted by molar-refractivity contribution is 0.0948. The van der Waals surface area contributed by atoms with Crippen LogP contribution >= 0.6 is 11.8 Å². The topological polar surface area (TPSA) is 113 Å². The molecule has 36 heavy (non-hydrogen) atoms. The Morgan fingerprint density at radius 2 is 1.72 bits per heavy atom. The van der Waals surface area contributed by atoms with Crippen molar-refractivity contribution < 1.29 is 19.0 Å². The second-order valence-corrected chi connectivity index (χ2v) is 8.45. The first-order chi connectivity index (χ1) is 17.6. The fourth-order valence-corrected chi connectivity index (χ4v) is 4.27. The average Bonchev–Trinajstić information content (AvgIpc) is 3.36. The predicted molar refractivity (Wildman–Crippen MR) is 135 cm³/mol. The summed E-state index contributed by atoms with van der Waals surface area (Å²) in [5, 5.41) is 12.0. The molecule has 1 N–H and O–H groups in total. The van der Waals surface area contributed by atoms with Crippen molar-refractivity contribution in [2.75, 3.05) is 27.9 Å². The summed E-state index contributed by atoms with van der Waals surface area (Å²) in [4.78, 5) is 21.6. The van der Waals surface area contributed by atoms with Crippen LogP contribution in [-0.2, 0) is 12.2 Å². The van der Waals surface area contributed by atoms with Gasteiger partial charge in [-0.15, -0.1) is 5.10 Å². The number of hydrogen-bond acceptors (Lipinski definition) is 9. The molecule has 0 spiro atoms. The van der Waals surface area contributed by atoms with E-state index in [1.807, 2.05) is 42.5 Å². The van der Waals surface area contributed by atoms with Crippen LogP contribution in [0, 0.1) is 0 Å². The van der Waals surface area contributed by atoms with Gasteiger partial charge in [0, 0.05) is 24.7 Å². The third-order valence-corrected chi connectivity index (χ3v) is 6.21. The summed E-state index contributed by atoms with van der Waals surface area (Å²) in [5.41, 5.74) is 2.66. The number of carbonyl (C=O) groups is 1. The number of aromatic nitrogens is 5. The van der Waals surface area contributed by atoms with Crippen LogP contribution in [-0.4, -0.2) is 58.7 Å². The largest absolute Gasteiger partial charge is 0.497 e. The molecule has 2 aromatic carbocycles. The number of hydrogen-bond donors (Lipinski definition) is 1. The van der Waals surface area contributed by atoms with Crippen molar-refractivity contribution in [3.63, 3.8) is 0 Å². The lowest BCUT2D eigenvalue weighted by Crippen LogP contribution is -2.27. The summed E-state index contributed by atoms with van der Waals surface area (Å²) in [6, 6.07) is 14.8. The van der Waals surface area contributed by atoms with Gasteiger partial charge < -0.3 is 19.5 Å². The number of methoxy groups -OCH3 is 3. The molecule has 0 aliphatic rings. The van der Waals surface area contributed by atoms with Crippen molar-refractivity contribution in [3.8, 4) is 22.9 Å². The maximum atomic E-state index is 13.1. The number of ether oxygens (including phenoxy) is 3. The van der Waals surface area contributed by atoms with Crippen LogP contribution in [0.5, 0.6) is 17.2 Å². The van der Waals surface area contributed by atoms with Crippen LogP contribution in [0.15, 0.2) is 66.1 Å². The van der Waals surface area contributed by atoms with Crippen molar-refractivity contribution >= 4 is 17.7 Å². The predicted octanol–water partition coefficient (Wildman–Crippen LogP) is 3.35. The molecule has 0 saturated heterocycles. The van der Waals surface area contributed by atoms with Crippen LogP contribution in [0.4, 0.5) is 0 Å². The van der Waals surface area contributed by atoms with Gasteiger partial charge in [-0.3, -0.25) is 4.79 Å². The first kappa shape index (κ1) is 25.0. The van der Waals surface area contributed by atoms with Gasteiger partial charge in [-0.2, -0.15) is 0 Å². The van der Waals surface area contributed by atoms with E-state index in [9.17, 15) is 4.79 Å². The molecular weight excluding hydrogens is 480 g/mol. The van der Waals surface area contributed by atoms with Gasteiger partial charge in [-0.05, 0) is 54.4 Å². The van der Waals surface area contributed by atoms with E-state index in [0.717, 1.165) is 17.0 Å². The van der Waals surface area contributed by atoms with Crippen molar-refractivity contribution in [3.05, 3.63) is 77.9 Å². The maximum absolute atomic E-state index is 13.1. The van der Waals surface area contributed by atoms with Crippen LogP contribution < -0.4 is 19.5 Å². The van der Waals surface area contributed by atoms with Gasteiger partial charge in [0.1, 0.15) is 5.75 Å². The normalized spacial score (nSPS) is 10.6. The molecule has 10 nitrogen and oxygen atoms in total. The minimum Gasteiger partial charge on any atom is -0.497 e. The summed E-state index contributed by atoms with van der Waals surface area (Å²) in [6.07, 6.45) is 3.97. The van der Waals surface area contributed by atoms with Crippen molar-refractivity contribution in [1.82, 2.24) is 30.3 Å². The molecule has 0 radical (unpaired) electrons. The molecule has 0 fully saturated rings. The van der Waals surface area contributed by atoms with Crippen molar-refractivity contribution in [1.29, 1.82) is 0 Å². The molecule has 2 aromatic heterocycles. The molecule has 4 rings (SSSR count). The Labute approximate surface area is 213 Å². The minimum atomic E-state index is -0.306. The molecule has 0 aliphatic carbocycles. The molecule has 11 heteroatoms. The number of carbonyl (C=O) groups excluding carboxylic acids is 1. The Bertz CT molecular complexity index is 1300. The van der Waals surface area contributed by atoms with Gasteiger partial charge >= 0.3 is 0 Å². The molecule has 4 aromatic rings. The number of amides is 1. The summed E-state index contributed by atoms with van der Waals surface area (Å²) >= 11 is 1.40. The van der Waals surface area contributed by atoms with E-state index in [0.29, 0.717) is 41.1 Å². The van der Waals surface area contributed by atoms with E-state index in [1.165, 1.54) is 11.8 Å². The van der Waals surface area contributed by atoms with E-state index < -0.39 is 0 Å². The Hall–Kier alpha value is -4.12. The highest BCUT2D eigenvalue weighted by Crippen LogP contribution is 2.28. The highest BCUT2D eigenvalue weighted by Gasteiger charge is 2.21. The number of rotatable bonds is 11. The zero-order chi connectivity index (χ0) is 25.3. The molecule has 0 aliphatic heterocycles. The third kappa shape index (κ3) is 5.92. The first-order valence-corrected chi connectivity index (χ1v) is 12.1.